The molecule has 6 nitrogen and oxygen atoms in total. The molecule has 0 aliphatic carbocycles. The second-order valence-electron chi connectivity index (χ2n) is 12.7. The van der Waals surface area contributed by atoms with Gasteiger partial charge in [0.15, 0.2) is 6.10 Å². The summed E-state index contributed by atoms with van der Waals surface area (Å²) < 4.78 is 10.5. The highest BCUT2D eigenvalue weighted by molar-refractivity contribution is 5.70. The zero-order valence-electron chi connectivity index (χ0n) is 29.8. The molecule has 3 atom stereocenters. The van der Waals surface area contributed by atoms with Gasteiger partial charge in [-0.3, -0.25) is 9.59 Å². The van der Waals surface area contributed by atoms with Gasteiger partial charge in [-0.25, -0.2) is 0 Å². The molecule has 0 rings (SSSR count). The van der Waals surface area contributed by atoms with Gasteiger partial charge in [0.2, 0.25) is 0 Å². The van der Waals surface area contributed by atoms with Crippen LogP contribution in [0.1, 0.15) is 162 Å². The Labute approximate surface area is 282 Å². The van der Waals surface area contributed by atoms with Gasteiger partial charge >= 0.3 is 11.9 Å². The van der Waals surface area contributed by atoms with E-state index in [-0.39, 0.29) is 37.7 Å². The Hall–Kier alpha value is -2.18. The van der Waals surface area contributed by atoms with Crippen molar-refractivity contribution in [1.29, 1.82) is 0 Å². The topological polar surface area (TPSA) is 93.1 Å². The zero-order chi connectivity index (χ0) is 33.9. The van der Waals surface area contributed by atoms with E-state index in [1.54, 1.807) is 0 Å². The van der Waals surface area contributed by atoms with Gasteiger partial charge in [0.1, 0.15) is 6.61 Å². The van der Waals surface area contributed by atoms with Gasteiger partial charge in [0.25, 0.3) is 0 Å². The third-order valence-corrected chi connectivity index (χ3v) is 8.27. The van der Waals surface area contributed by atoms with E-state index in [0.717, 1.165) is 63.7 Å². The molecule has 2 N–H and O–H groups in total. The SMILES string of the molecule is CCCCC[C@@H](O)/C=C/C=C\C/C=C\C/C=C\CCCC(=O)OC[C@H](CO)OC(=O)CCCCCCCCCCCCC(C)CC. The summed E-state index contributed by atoms with van der Waals surface area (Å²) in [7, 11) is 0. The number of carbonyl (C=O) groups excluding carboxylic acids is 2. The van der Waals surface area contributed by atoms with Crippen LogP contribution in [0.2, 0.25) is 0 Å². The minimum absolute atomic E-state index is 0.108. The molecule has 266 valence electrons. The third-order valence-electron chi connectivity index (χ3n) is 8.27. The van der Waals surface area contributed by atoms with Crippen LogP contribution in [0.25, 0.3) is 0 Å². The molecule has 0 bridgehead atoms. The summed E-state index contributed by atoms with van der Waals surface area (Å²) in [6.45, 7) is 6.31. The largest absolute Gasteiger partial charge is 0.462 e. The Morgan fingerprint density at radius 3 is 1.91 bits per heavy atom. The lowest BCUT2D eigenvalue weighted by atomic mass is 9.99. The van der Waals surface area contributed by atoms with Crippen molar-refractivity contribution in [3.05, 3.63) is 48.6 Å². The molecular weight excluding hydrogens is 576 g/mol. The molecule has 0 aromatic heterocycles. The van der Waals surface area contributed by atoms with Gasteiger partial charge in [-0.15, -0.1) is 0 Å². The number of aliphatic hydroxyl groups is 2. The van der Waals surface area contributed by atoms with E-state index in [4.69, 9.17) is 9.47 Å². The van der Waals surface area contributed by atoms with Gasteiger partial charge in [0.05, 0.1) is 12.7 Å². The number of rotatable bonds is 32. The molecule has 0 aliphatic rings. The van der Waals surface area contributed by atoms with Crippen molar-refractivity contribution < 1.29 is 29.3 Å². The second kappa shape index (κ2) is 34.2. The van der Waals surface area contributed by atoms with Crippen LogP contribution in [0.3, 0.4) is 0 Å². The summed E-state index contributed by atoms with van der Waals surface area (Å²) in [5, 5.41) is 19.4. The van der Waals surface area contributed by atoms with Gasteiger partial charge < -0.3 is 19.7 Å². The number of ether oxygens (including phenoxy) is 2. The van der Waals surface area contributed by atoms with E-state index in [2.05, 4.69) is 51.2 Å². The number of hydrogen-bond donors (Lipinski definition) is 2. The van der Waals surface area contributed by atoms with E-state index in [1.165, 1.54) is 64.2 Å². The minimum Gasteiger partial charge on any atom is -0.462 e. The van der Waals surface area contributed by atoms with Gasteiger partial charge in [-0.05, 0) is 44.4 Å². The van der Waals surface area contributed by atoms with Gasteiger partial charge in [-0.2, -0.15) is 0 Å². The predicted octanol–water partition coefficient (Wildman–Crippen LogP) is 10.3. The summed E-state index contributed by atoms with van der Waals surface area (Å²) in [5.74, 6) is 0.184. The fraction of sp³-hybridized carbons (Fsp3) is 0.750. The monoisotopic (exact) mass is 647 g/mol. The van der Waals surface area contributed by atoms with Gasteiger partial charge in [-0.1, -0.05) is 159 Å². The van der Waals surface area contributed by atoms with E-state index in [9.17, 15) is 19.8 Å². The number of allylic oxidation sites excluding steroid dienone is 7. The van der Waals surface area contributed by atoms with Crippen molar-refractivity contribution >= 4 is 11.9 Å². The first-order valence-electron chi connectivity index (χ1n) is 18.7. The minimum atomic E-state index is -0.804. The number of aliphatic hydroxyl groups excluding tert-OH is 2. The molecule has 0 spiro atoms. The van der Waals surface area contributed by atoms with Crippen LogP contribution in [0.15, 0.2) is 48.6 Å². The smallest absolute Gasteiger partial charge is 0.306 e. The van der Waals surface area contributed by atoms with Crippen molar-refractivity contribution in [2.45, 2.75) is 174 Å². The molecule has 0 aromatic carbocycles. The average molecular weight is 647 g/mol. The second-order valence-corrected chi connectivity index (χ2v) is 12.7. The van der Waals surface area contributed by atoms with Crippen LogP contribution >= 0.6 is 0 Å². The fourth-order valence-electron chi connectivity index (χ4n) is 4.98. The Morgan fingerprint density at radius 2 is 1.26 bits per heavy atom. The van der Waals surface area contributed by atoms with Crippen LogP contribution in [-0.4, -0.2) is 47.6 Å². The highest BCUT2D eigenvalue weighted by Crippen LogP contribution is 2.16. The van der Waals surface area contributed by atoms with Crippen LogP contribution < -0.4 is 0 Å². The molecule has 0 aromatic rings. The lowest BCUT2D eigenvalue weighted by molar-refractivity contribution is -0.161. The van der Waals surface area contributed by atoms with Crippen LogP contribution in [0.4, 0.5) is 0 Å². The van der Waals surface area contributed by atoms with Crippen molar-refractivity contribution in [2.24, 2.45) is 5.92 Å². The Balaban J connectivity index is 3.74. The van der Waals surface area contributed by atoms with E-state index < -0.39 is 6.10 Å². The quantitative estimate of drug-likeness (QED) is 0.0327. The highest BCUT2D eigenvalue weighted by atomic mass is 16.6. The normalized spacial score (nSPS) is 14.1. The van der Waals surface area contributed by atoms with E-state index in [1.807, 2.05) is 18.2 Å². The van der Waals surface area contributed by atoms with E-state index in [0.29, 0.717) is 12.8 Å². The van der Waals surface area contributed by atoms with Crippen molar-refractivity contribution in [1.82, 2.24) is 0 Å². The predicted molar refractivity (Wildman–Crippen MR) is 193 cm³/mol. The van der Waals surface area contributed by atoms with Crippen LogP contribution in [0, 0.1) is 5.92 Å². The van der Waals surface area contributed by atoms with Crippen LogP contribution in [-0.2, 0) is 19.1 Å². The van der Waals surface area contributed by atoms with Gasteiger partial charge in [0, 0.05) is 12.8 Å². The molecule has 6 heteroatoms. The Kier molecular flexibility index (Phi) is 32.5. The summed E-state index contributed by atoms with van der Waals surface area (Å²) in [6, 6.07) is 0. The molecule has 1 unspecified atom stereocenters. The summed E-state index contributed by atoms with van der Waals surface area (Å²) in [4.78, 5) is 24.2. The molecule has 0 fully saturated rings. The summed E-state index contributed by atoms with van der Waals surface area (Å²) in [5.41, 5.74) is 0. The first-order valence-corrected chi connectivity index (χ1v) is 18.7. The molecule has 0 heterocycles. The number of hydrogen-bond acceptors (Lipinski definition) is 6. The Bertz CT molecular complexity index is 815. The molecule has 0 saturated heterocycles. The maximum absolute atomic E-state index is 12.1. The maximum atomic E-state index is 12.1. The number of esters is 2. The van der Waals surface area contributed by atoms with Crippen LogP contribution in [0.5, 0.6) is 0 Å². The summed E-state index contributed by atoms with van der Waals surface area (Å²) in [6.07, 6.45) is 37.8. The van der Waals surface area contributed by atoms with Crippen molar-refractivity contribution in [3.63, 3.8) is 0 Å². The molecule has 0 amide bonds. The zero-order valence-corrected chi connectivity index (χ0v) is 29.8. The Morgan fingerprint density at radius 1 is 0.674 bits per heavy atom. The molecular formula is C40H70O6. The lowest BCUT2D eigenvalue weighted by Gasteiger charge is -2.15. The lowest BCUT2D eigenvalue weighted by Crippen LogP contribution is -2.28. The standard InChI is InChI=1S/C40H70O6/c1-4-6-24-30-37(42)31-26-21-17-13-8-7-9-14-18-22-27-32-39(43)45-35-38(34-41)46-40(44)33-28-23-19-15-11-10-12-16-20-25-29-36(3)5-2/h7-8,14,17-18,21,26,31,36-38,41-42H,4-6,9-13,15-16,19-20,22-25,27-30,32-35H2,1-3H3/b8-7-,18-14-,21-17-,31-26+/t36?,37-,38+/m1/s1. The number of carbonyl (C=O) groups is 2. The molecule has 0 saturated carbocycles. The third kappa shape index (κ3) is 31.8. The first-order chi connectivity index (χ1) is 22.4. The molecule has 46 heavy (non-hydrogen) atoms. The molecule has 0 radical (unpaired) electrons. The summed E-state index contributed by atoms with van der Waals surface area (Å²) >= 11 is 0. The van der Waals surface area contributed by atoms with E-state index >= 15 is 0 Å². The van der Waals surface area contributed by atoms with Crippen molar-refractivity contribution in [3.8, 4) is 0 Å². The first kappa shape index (κ1) is 43.8. The maximum Gasteiger partial charge on any atom is 0.306 e. The average Bonchev–Trinajstić information content (AvgIpc) is 3.05. The van der Waals surface area contributed by atoms with Crippen molar-refractivity contribution in [2.75, 3.05) is 13.2 Å². The molecule has 0 aliphatic heterocycles. The fourth-order valence-corrected chi connectivity index (χ4v) is 4.98. The number of unbranched alkanes of at least 4 members (excludes halogenated alkanes) is 12. The highest BCUT2D eigenvalue weighted by Gasteiger charge is 2.16.